The number of benzene rings is 2. The highest BCUT2D eigenvalue weighted by atomic mass is 32.1. The van der Waals surface area contributed by atoms with Gasteiger partial charge >= 0.3 is 5.69 Å². The van der Waals surface area contributed by atoms with Crippen molar-refractivity contribution in [1.82, 2.24) is 4.98 Å². The molecule has 0 aliphatic rings. The van der Waals surface area contributed by atoms with E-state index in [2.05, 4.69) is 10.3 Å². The number of nitrogens with zero attached hydrogens (tertiary/aromatic N) is 2. The third-order valence-electron chi connectivity index (χ3n) is 3.86. The average Bonchev–Trinajstić information content (AvgIpc) is 3.19. The molecule has 3 aromatic rings. The van der Waals surface area contributed by atoms with Gasteiger partial charge in [0.2, 0.25) is 0 Å². The maximum absolute atomic E-state index is 12.1. The molecule has 0 aliphatic carbocycles. The summed E-state index contributed by atoms with van der Waals surface area (Å²) in [4.78, 5) is 26.9. The van der Waals surface area contributed by atoms with E-state index in [0.717, 1.165) is 5.56 Å². The molecule has 0 fully saturated rings. The molecule has 0 spiro atoms. The highest BCUT2D eigenvalue weighted by Gasteiger charge is 2.16. The van der Waals surface area contributed by atoms with E-state index in [0.29, 0.717) is 22.3 Å². The monoisotopic (exact) mass is 415 g/mol. The Bertz CT molecular complexity index is 1040. The van der Waals surface area contributed by atoms with E-state index in [1.807, 2.05) is 6.07 Å². The molecule has 0 saturated carbocycles. The lowest BCUT2D eigenvalue weighted by Crippen LogP contribution is -2.20. The van der Waals surface area contributed by atoms with Crippen LogP contribution < -0.4 is 19.5 Å². The van der Waals surface area contributed by atoms with Crippen molar-refractivity contribution in [2.24, 2.45) is 0 Å². The molecule has 0 atom stereocenters. The molecule has 3 rings (SSSR count). The van der Waals surface area contributed by atoms with E-state index in [1.165, 1.54) is 29.5 Å². The maximum Gasteiger partial charge on any atom is 0.310 e. The highest BCUT2D eigenvalue weighted by Crippen LogP contribution is 2.34. The summed E-state index contributed by atoms with van der Waals surface area (Å²) in [6.45, 7) is -0.383. The Morgan fingerprint density at radius 1 is 1.17 bits per heavy atom. The molecule has 0 aliphatic heterocycles. The van der Waals surface area contributed by atoms with Crippen LogP contribution in [0.25, 0.3) is 11.3 Å². The molecule has 0 bridgehead atoms. The Kier molecular flexibility index (Phi) is 6.25. The fourth-order valence-electron chi connectivity index (χ4n) is 2.49. The van der Waals surface area contributed by atoms with Crippen molar-refractivity contribution in [2.45, 2.75) is 0 Å². The van der Waals surface area contributed by atoms with Gasteiger partial charge in [-0.25, -0.2) is 4.98 Å². The summed E-state index contributed by atoms with van der Waals surface area (Å²) in [6.07, 6.45) is 0. The summed E-state index contributed by atoms with van der Waals surface area (Å²) < 4.78 is 15.8. The number of anilines is 1. The van der Waals surface area contributed by atoms with Gasteiger partial charge in [0.25, 0.3) is 5.91 Å². The number of aromatic nitrogens is 1. The first-order valence-electron chi connectivity index (χ1n) is 8.36. The molecule has 1 N–H and O–H groups in total. The van der Waals surface area contributed by atoms with Crippen LogP contribution in [0.4, 0.5) is 10.8 Å². The third kappa shape index (κ3) is 4.79. The molecule has 9 nitrogen and oxygen atoms in total. The number of nitro groups is 1. The Morgan fingerprint density at radius 3 is 2.69 bits per heavy atom. The van der Waals surface area contributed by atoms with Gasteiger partial charge in [0.05, 0.1) is 24.8 Å². The largest absolute Gasteiger partial charge is 0.497 e. The van der Waals surface area contributed by atoms with Crippen molar-refractivity contribution >= 4 is 28.1 Å². The number of carbonyl (C=O) groups excluding carboxylic acids is 1. The van der Waals surface area contributed by atoms with Gasteiger partial charge in [0.15, 0.2) is 17.5 Å². The van der Waals surface area contributed by atoms with Crippen molar-refractivity contribution < 1.29 is 23.9 Å². The van der Waals surface area contributed by atoms with Gasteiger partial charge in [-0.05, 0) is 18.2 Å². The Morgan fingerprint density at radius 2 is 1.97 bits per heavy atom. The third-order valence-corrected chi connectivity index (χ3v) is 4.61. The summed E-state index contributed by atoms with van der Waals surface area (Å²) in [5.41, 5.74) is 1.18. The zero-order valence-electron chi connectivity index (χ0n) is 15.6. The molecule has 150 valence electrons. The summed E-state index contributed by atoms with van der Waals surface area (Å²) in [5, 5.41) is 15.8. The van der Waals surface area contributed by atoms with Gasteiger partial charge in [-0.15, -0.1) is 11.3 Å². The van der Waals surface area contributed by atoms with Crippen LogP contribution >= 0.6 is 11.3 Å². The van der Waals surface area contributed by atoms with Crippen molar-refractivity contribution in [3.05, 3.63) is 58.0 Å². The van der Waals surface area contributed by atoms with Crippen LogP contribution in [-0.4, -0.2) is 36.6 Å². The van der Waals surface area contributed by atoms with Gasteiger partial charge in [0, 0.05) is 23.1 Å². The Balaban J connectivity index is 1.66. The summed E-state index contributed by atoms with van der Waals surface area (Å²) in [7, 11) is 3.12. The number of hydrogen-bond acceptors (Lipinski definition) is 8. The van der Waals surface area contributed by atoms with Crippen LogP contribution in [0, 0.1) is 10.1 Å². The number of carbonyl (C=O) groups is 1. The Hall–Kier alpha value is -3.66. The SMILES string of the molecule is COc1ccc(-c2csc(NC(=O)COc3ccccc3[N+](=O)[O-])n2)c(OC)c1. The lowest BCUT2D eigenvalue weighted by Gasteiger charge is -2.08. The predicted molar refractivity (Wildman–Crippen MR) is 108 cm³/mol. The number of thiazole rings is 1. The second-order valence-electron chi connectivity index (χ2n) is 5.67. The molecule has 10 heteroatoms. The molecular formula is C19H17N3O6S. The van der Waals surface area contributed by atoms with Crippen LogP contribution in [0.3, 0.4) is 0 Å². The van der Waals surface area contributed by atoms with Gasteiger partial charge in [-0.3, -0.25) is 20.2 Å². The number of methoxy groups -OCH3 is 2. The summed E-state index contributed by atoms with van der Waals surface area (Å²) in [6, 6.07) is 11.2. The number of nitro benzene ring substituents is 1. The molecule has 2 aromatic carbocycles. The van der Waals surface area contributed by atoms with Gasteiger partial charge in [-0.2, -0.15) is 0 Å². The minimum absolute atomic E-state index is 0.0236. The van der Waals surface area contributed by atoms with Crippen LogP contribution in [0.2, 0.25) is 0 Å². The Labute approximate surface area is 170 Å². The maximum atomic E-state index is 12.1. The van der Waals surface area contributed by atoms with Crippen LogP contribution in [0.15, 0.2) is 47.8 Å². The van der Waals surface area contributed by atoms with Crippen LogP contribution in [-0.2, 0) is 4.79 Å². The first-order valence-corrected chi connectivity index (χ1v) is 9.23. The van der Waals surface area contributed by atoms with E-state index < -0.39 is 10.8 Å². The fourth-order valence-corrected chi connectivity index (χ4v) is 3.22. The van der Waals surface area contributed by atoms with Gasteiger partial charge in [-0.1, -0.05) is 12.1 Å². The number of ether oxygens (including phenoxy) is 3. The molecule has 0 saturated heterocycles. The molecule has 0 unspecified atom stereocenters. The van der Waals surface area contributed by atoms with E-state index in [-0.39, 0.29) is 18.0 Å². The van der Waals surface area contributed by atoms with E-state index in [1.54, 1.807) is 37.8 Å². The number of nitrogens with one attached hydrogen (secondary N) is 1. The van der Waals surface area contributed by atoms with Crippen molar-refractivity contribution in [1.29, 1.82) is 0 Å². The first kappa shape index (κ1) is 20.1. The number of amides is 1. The number of para-hydroxylation sites is 2. The topological polar surface area (TPSA) is 113 Å². The lowest BCUT2D eigenvalue weighted by atomic mass is 10.1. The first-order chi connectivity index (χ1) is 14.0. The predicted octanol–water partition coefficient (Wildman–Crippen LogP) is 3.75. The lowest BCUT2D eigenvalue weighted by molar-refractivity contribution is -0.385. The summed E-state index contributed by atoms with van der Waals surface area (Å²) >= 11 is 1.24. The average molecular weight is 415 g/mol. The molecular weight excluding hydrogens is 398 g/mol. The quantitative estimate of drug-likeness (QED) is 0.440. The molecule has 1 amide bonds. The van der Waals surface area contributed by atoms with E-state index in [4.69, 9.17) is 14.2 Å². The van der Waals surface area contributed by atoms with Gasteiger partial charge < -0.3 is 14.2 Å². The fraction of sp³-hybridized carbons (Fsp3) is 0.158. The zero-order valence-corrected chi connectivity index (χ0v) is 16.4. The zero-order chi connectivity index (χ0) is 20.8. The van der Waals surface area contributed by atoms with Crippen LogP contribution in [0.1, 0.15) is 0 Å². The molecule has 1 heterocycles. The molecule has 1 aromatic heterocycles. The molecule has 0 radical (unpaired) electrons. The minimum atomic E-state index is -0.567. The minimum Gasteiger partial charge on any atom is -0.497 e. The second-order valence-corrected chi connectivity index (χ2v) is 6.52. The van der Waals surface area contributed by atoms with Crippen molar-refractivity contribution in [2.75, 3.05) is 26.1 Å². The number of hydrogen-bond donors (Lipinski definition) is 1. The standard InChI is InChI=1S/C19H17N3O6S/c1-26-12-7-8-13(17(9-12)27-2)14-11-29-19(20-14)21-18(23)10-28-16-6-4-3-5-15(16)22(24)25/h3-9,11H,10H2,1-2H3,(H,20,21,23). The second kappa shape index (κ2) is 9.02. The van der Waals surface area contributed by atoms with Crippen LogP contribution in [0.5, 0.6) is 17.2 Å². The van der Waals surface area contributed by atoms with Gasteiger partial charge in [0.1, 0.15) is 11.5 Å². The smallest absolute Gasteiger partial charge is 0.310 e. The molecule has 29 heavy (non-hydrogen) atoms. The summed E-state index contributed by atoms with van der Waals surface area (Å²) in [5.74, 6) is 0.787. The van der Waals surface area contributed by atoms with Crippen molar-refractivity contribution in [3.63, 3.8) is 0 Å². The van der Waals surface area contributed by atoms with Crippen molar-refractivity contribution in [3.8, 4) is 28.5 Å². The highest BCUT2D eigenvalue weighted by molar-refractivity contribution is 7.14. The van der Waals surface area contributed by atoms with E-state index in [9.17, 15) is 14.9 Å². The normalized spacial score (nSPS) is 10.3. The van der Waals surface area contributed by atoms with E-state index >= 15 is 0 Å². The number of rotatable bonds is 8.